The molecule has 0 aromatic rings. The summed E-state index contributed by atoms with van der Waals surface area (Å²) in [6.45, 7) is 6.96. The Bertz CT molecular complexity index is 232. The molecule has 0 heteroatoms. The number of hydrogen-bond acceptors (Lipinski definition) is 0. The molecule has 0 aliphatic heterocycles. The third kappa shape index (κ3) is 5.81. The third-order valence-electron chi connectivity index (χ3n) is 3.46. The van der Waals surface area contributed by atoms with Crippen LogP contribution >= 0.6 is 0 Å². The highest BCUT2D eigenvalue weighted by Gasteiger charge is 2.02. The highest BCUT2D eigenvalue weighted by molar-refractivity contribution is 5.05. The van der Waals surface area contributed by atoms with E-state index in [1.165, 1.54) is 44.9 Å². The van der Waals surface area contributed by atoms with Crippen molar-refractivity contribution >= 4 is 0 Å². The normalized spacial score (nSPS) is 32.9. The largest absolute Gasteiger partial charge is 0.0856 e. The quantitative estimate of drug-likeness (QED) is 0.474. The van der Waals surface area contributed by atoms with Gasteiger partial charge in [0.25, 0.3) is 0 Å². The maximum absolute atomic E-state index is 2.45. The molecule has 0 spiro atoms. The van der Waals surface area contributed by atoms with Crippen molar-refractivity contribution < 1.29 is 0 Å². The van der Waals surface area contributed by atoms with E-state index < -0.39 is 0 Å². The average Bonchev–Trinajstić information content (AvgIpc) is 2.20. The van der Waals surface area contributed by atoms with E-state index in [0.29, 0.717) is 0 Å². The van der Waals surface area contributed by atoms with Crippen molar-refractivity contribution in [2.24, 2.45) is 5.92 Å². The van der Waals surface area contributed by atoms with E-state index in [4.69, 9.17) is 0 Å². The van der Waals surface area contributed by atoms with Crippen LogP contribution in [0.5, 0.6) is 0 Å². The Kier molecular flexibility index (Phi) is 5.75. The smallest absolute Gasteiger partial charge is 0.0286 e. The minimum Gasteiger partial charge on any atom is -0.0856 e. The second-order valence-corrected chi connectivity index (χ2v) is 5.21. The molecule has 0 saturated heterocycles. The first-order valence-electron chi connectivity index (χ1n) is 6.49. The zero-order chi connectivity index (χ0) is 11.1. The van der Waals surface area contributed by atoms with Gasteiger partial charge in [-0.15, -0.1) is 0 Å². The van der Waals surface area contributed by atoms with E-state index in [0.717, 1.165) is 5.92 Å². The molecule has 1 unspecified atom stereocenters. The molecular formula is C15H26. The summed E-state index contributed by atoms with van der Waals surface area (Å²) in [4.78, 5) is 0. The van der Waals surface area contributed by atoms with E-state index >= 15 is 0 Å². The predicted octanol–water partition coefficient (Wildman–Crippen LogP) is 5.26. The summed E-state index contributed by atoms with van der Waals surface area (Å²) in [7, 11) is 0. The lowest BCUT2D eigenvalue weighted by molar-refractivity contribution is 0.479. The maximum Gasteiger partial charge on any atom is -0.0286 e. The van der Waals surface area contributed by atoms with Gasteiger partial charge in [-0.05, 0) is 58.3 Å². The monoisotopic (exact) mass is 206 g/mol. The molecule has 86 valence electrons. The van der Waals surface area contributed by atoms with Gasteiger partial charge in [0.05, 0.1) is 0 Å². The van der Waals surface area contributed by atoms with Gasteiger partial charge in [0.15, 0.2) is 0 Å². The van der Waals surface area contributed by atoms with E-state index in [1.807, 2.05) is 0 Å². The third-order valence-corrected chi connectivity index (χ3v) is 3.46. The van der Waals surface area contributed by atoms with E-state index in [2.05, 4.69) is 32.9 Å². The molecule has 0 nitrogen and oxygen atoms in total. The zero-order valence-corrected chi connectivity index (χ0v) is 10.7. The predicted molar refractivity (Wildman–Crippen MR) is 69.0 cm³/mol. The van der Waals surface area contributed by atoms with Gasteiger partial charge in [0, 0.05) is 0 Å². The fourth-order valence-electron chi connectivity index (χ4n) is 2.17. The van der Waals surface area contributed by atoms with Crippen LogP contribution in [-0.4, -0.2) is 0 Å². The van der Waals surface area contributed by atoms with Gasteiger partial charge in [-0.25, -0.2) is 0 Å². The summed E-state index contributed by atoms with van der Waals surface area (Å²) < 4.78 is 0. The van der Waals surface area contributed by atoms with Gasteiger partial charge in [0.2, 0.25) is 0 Å². The molecule has 1 aliphatic rings. The fourth-order valence-corrected chi connectivity index (χ4v) is 2.17. The molecule has 0 bridgehead atoms. The molecule has 0 N–H and O–H groups in total. The van der Waals surface area contributed by atoms with Gasteiger partial charge in [0.1, 0.15) is 0 Å². The van der Waals surface area contributed by atoms with E-state index in [9.17, 15) is 0 Å². The van der Waals surface area contributed by atoms with Crippen LogP contribution in [0.2, 0.25) is 0 Å². The molecule has 1 atom stereocenters. The Morgan fingerprint density at radius 1 is 0.933 bits per heavy atom. The lowest BCUT2D eigenvalue weighted by Gasteiger charge is -2.11. The van der Waals surface area contributed by atoms with Crippen LogP contribution in [0.4, 0.5) is 0 Å². The summed E-state index contributed by atoms with van der Waals surface area (Å²) >= 11 is 0. The topological polar surface area (TPSA) is 0 Å². The van der Waals surface area contributed by atoms with Crippen LogP contribution in [0, 0.1) is 5.92 Å². The first-order valence-corrected chi connectivity index (χ1v) is 6.49. The lowest BCUT2D eigenvalue weighted by atomic mass is 9.95. The summed E-state index contributed by atoms with van der Waals surface area (Å²) in [5.41, 5.74) is 3.16. The highest BCUT2D eigenvalue weighted by Crippen LogP contribution is 2.19. The second-order valence-electron chi connectivity index (χ2n) is 5.21. The minimum atomic E-state index is 0.905. The van der Waals surface area contributed by atoms with Crippen LogP contribution in [-0.2, 0) is 0 Å². The maximum atomic E-state index is 2.45. The summed E-state index contributed by atoms with van der Waals surface area (Å²) in [6.07, 6.45) is 14.1. The zero-order valence-electron chi connectivity index (χ0n) is 10.7. The molecule has 0 fully saturated rings. The summed E-state index contributed by atoms with van der Waals surface area (Å²) in [5, 5.41) is 0. The average molecular weight is 206 g/mol. The first kappa shape index (κ1) is 12.5. The SMILES string of the molecule is C/C1=C/CCCC(C)CC/C=C(/C)CC1. The number of allylic oxidation sites excluding steroid dienone is 4. The van der Waals surface area contributed by atoms with Crippen LogP contribution in [0.25, 0.3) is 0 Å². The van der Waals surface area contributed by atoms with Gasteiger partial charge in [-0.2, -0.15) is 0 Å². The Morgan fingerprint density at radius 3 is 2.20 bits per heavy atom. The van der Waals surface area contributed by atoms with E-state index in [1.54, 1.807) is 11.1 Å². The molecular weight excluding hydrogens is 180 g/mol. The minimum absolute atomic E-state index is 0.905. The highest BCUT2D eigenvalue weighted by atomic mass is 14.1. The van der Waals surface area contributed by atoms with Crippen molar-refractivity contribution in [3.8, 4) is 0 Å². The van der Waals surface area contributed by atoms with Crippen LogP contribution < -0.4 is 0 Å². The molecule has 0 heterocycles. The van der Waals surface area contributed by atoms with Crippen molar-refractivity contribution in [2.75, 3.05) is 0 Å². The van der Waals surface area contributed by atoms with Gasteiger partial charge in [-0.3, -0.25) is 0 Å². The molecule has 0 aromatic heterocycles. The van der Waals surface area contributed by atoms with Crippen molar-refractivity contribution in [2.45, 2.75) is 65.7 Å². The molecule has 0 saturated carbocycles. The fraction of sp³-hybridized carbons (Fsp3) is 0.733. The van der Waals surface area contributed by atoms with Crippen molar-refractivity contribution in [3.63, 3.8) is 0 Å². The Labute approximate surface area is 95.5 Å². The lowest BCUT2D eigenvalue weighted by Crippen LogP contribution is -1.95. The van der Waals surface area contributed by atoms with Gasteiger partial charge in [-0.1, -0.05) is 36.6 Å². The molecule has 1 aliphatic carbocycles. The van der Waals surface area contributed by atoms with Crippen LogP contribution in [0.15, 0.2) is 23.3 Å². The molecule has 1 rings (SSSR count). The van der Waals surface area contributed by atoms with Crippen LogP contribution in [0.3, 0.4) is 0 Å². The van der Waals surface area contributed by atoms with Crippen molar-refractivity contribution in [1.82, 2.24) is 0 Å². The standard InChI is InChI=1S/C15H26/c1-13-7-4-5-8-14(2)11-12-15(3)10-6-9-13/h8,10,13H,4-7,9,11-12H2,1-3H3/b14-8-,15-10-. The van der Waals surface area contributed by atoms with Gasteiger partial charge >= 0.3 is 0 Å². The Balaban J connectivity index is 2.51. The van der Waals surface area contributed by atoms with E-state index in [-0.39, 0.29) is 0 Å². The summed E-state index contributed by atoms with van der Waals surface area (Å²) in [6, 6.07) is 0. The van der Waals surface area contributed by atoms with Crippen molar-refractivity contribution in [3.05, 3.63) is 23.3 Å². The first-order chi connectivity index (χ1) is 7.18. The van der Waals surface area contributed by atoms with Crippen molar-refractivity contribution in [1.29, 1.82) is 0 Å². The number of rotatable bonds is 0. The Hall–Kier alpha value is -0.520. The Morgan fingerprint density at radius 2 is 1.53 bits per heavy atom. The summed E-state index contributed by atoms with van der Waals surface area (Å²) in [5.74, 6) is 0.905. The van der Waals surface area contributed by atoms with Crippen LogP contribution in [0.1, 0.15) is 65.7 Å². The second kappa shape index (κ2) is 6.87. The molecule has 0 aromatic carbocycles. The number of hydrogen-bond donors (Lipinski definition) is 0. The molecule has 15 heavy (non-hydrogen) atoms. The molecule has 0 amide bonds. The van der Waals surface area contributed by atoms with Gasteiger partial charge < -0.3 is 0 Å². The molecule has 0 radical (unpaired) electrons.